The minimum Gasteiger partial charge on any atom is -0.398 e. The van der Waals surface area contributed by atoms with Crippen LogP contribution in [0.25, 0.3) is 0 Å². The Morgan fingerprint density at radius 1 is 1.45 bits per heavy atom. The van der Waals surface area contributed by atoms with Gasteiger partial charge in [-0.3, -0.25) is 0 Å². The molecule has 1 rings (SSSR count). The van der Waals surface area contributed by atoms with Crippen LogP contribution in [0.15, 0.2) is 16.6 Å². The van der Waals surface area contributed by atoms with Crippen LogP contribution in [-0.2, 0) is 6.42 Å². The van der Waals surface area contributed by atoms with E-state index in [9.17, 15) is 0 Å². The van der Waals surface area contributed by atoms with Crippen LogP contribution in [0.4, 0.5) is 5.69 Å². The van der Waals surface area contributed by atoms with E-state index >= 15 is 0 Å². The highest BCUT2D eigenvalue weighted by Crippen LogP contribution is 2.22. The van der Waals surface area contributed by atoms with Gasteiger partial charge in [0.15, 0.2) is 0 Å². The first-order chi connectivity index (χ1) is 5.15. The highest BCUT2D eigenvalue weighted by Gasteiger charge is 2.01. The monoisotopic (exact) mass is 213 g/mol. The van der Waals surface area contributed by atoms with Gasteiger partial charge in [0.1, 0.15) is 0 Å². The molecule has 0 aliphatic carbocycles. The van der Waals surface area contributed by atoms with E-state index in [4.69, 9.17) is 5.73 Å². The fourth-order valence-electron chi connectivity index (χ4n) is 1.28. The second kappa shape index (κ2) is 3.26. The van der Waals surface area contributed by atoms with E-state index in [0.717, 1.165) is 16.6 Å². The summed E-state index contributed by atoms with van der Waals surface area (Å²) in [4.78, 5) is 0. The molecule has 0 bridgehead atoms. The number of nitrogen functional groups attached to an aromatic ring is 1. The first kappa shape index (κ1) is 8.60. The molecule has 0 saturated carbocycles. The molecule has 0 spiro atoms. The summed E-state index contributed by atoms with van der Waals surface area (Å²) in [5.41, 5.74) is 9.21. The van der Waals surface area contributed by atoms with Crippen molar-refractivity contribution in [2.24, 2.45) is 0 Å². The maximum Gasteiger partial charge on any atom is 0.0360 e. The summed E-state index contributed by atoms with van der Waals surface area (Å²) in [6.45, 7) is 4.20. The second-order valence-corrected chi connectivity index (χ2v) is 3.56. The van der Waals surface area contributed by atoms with Gasteiger partial charge in [0.05, 0.1) is 0 Å². The van der Waals surface area contributed by atoms with Gasteiger partial charge in [0.2, 0.25) is 0 Å². The van der Waals surface area contributed by atoms with Crippen LogP contribution in [-0.4, -0.2) is 0 Å². The van der Waals surface area contributed by atoms with E-state index in [0.29, 0.717) is 0 Å². The molecular formula is C9H12BrN. The first-order valence-electron chi connectivity index (χ1n) is 3.69. The average molecular weight is 214 g/mol. The number of halogens is 1. The van der Waals surface area contributed by atoms with Crippen LogP contribution in [0.1, 0.15) is 18.1 Å². The first-order valence-corrected chi connectivity index (χ1v) is 4.49. The smallest absolute Gasteiger partial charge is 0.0360 e. The Kier molecular flexibility index (Phi) is 2.55. The van der Waals surface area contributed by atoms with Gasteiger partial charge in [-0.2, -0.15) is 0 Å². The summed E-state index contributed by atoms with van der Waals surface area (Å²) >= 11 is 3.40. The molecule has 1 aromatic carbocycles. The maximum atomic E-state index is 5.80. The third-order valence-electron chi connectivity index (χ3n) is 1.83. The van der Waals surface area contributed by atoms with Crippen LogP contribution < -0.4 is 5.73 Å². The van der Waals surface area contributed by atoms with Crippen molar-refractivity contribution in [3.8, 4) is 0 Å². The molecule has 11 heavy (non-hydrogen) atoms. The predicted octanol–water partition coefficient (Wildman–Crippen LogP) is 2.90. The SMILES string of the molecule is CCc1c(C)cc(Br)cc1N. The zero-order valence-corrected chi connectivity index (χ0v) is 8.40. The van der Waals surface area contributed by atoms with E-state index in [1.807, 2.05) is 6.07 Å². The fourth-order valence-corrected chi connectivity index (χ4v) is 1.87. The minimum absolute atomic E-state index is 0.888. The van der Waals surface area contributed by atoms with E-state index in [1.54, 1.807) is 0 Å². The van der Waals surface area contributed by atoms with Gasteiger partial charge in [-0.05, 0) is 36.6 Å². The molecule has 1 nitrogen and oxygen atoms in total. The second-order valence-electron chi connectivity index (χ2n) is 2.64. The van der Waals surface area contributed by atoms with Crippen molar-refractivity contribution in [3.63, 3.8) is 0 Å². The Morgan fingerprint density at radius 3 is 2.55 bits per heavy atom. The van der Waals surface area contributed by atoms with Gasteiger partial charge >= 0.3 is 0 Å². The van der Waals surface area contributed by atoms with Crippen molar-refractivity contribution in [2.45, 2.75) is 20.3 Å². The van der Waals surface area contributed by atoms with Crippen LogP contribution in [0, 0.1) is 6.92 Å². The number of aryl methyl sites for hydroxylation is 1. The van der Waals surface area contributed by atoms with Crippen LogP contribution in [0.5, 0.6) is 0 Å². The molecule has 2 heteroatoms. The van der Waals surface area contributed by atoms with Crippen molar-refractivity contribution in [1.29, 1.82) is 0 Å². The largest absolute Gasteiger partial charge is 0.398 e. The highest BCUT2D eigenvalue weighted by atomic mass is 79.9. The standard InChI is InChI=1S/C9H12BrN/c1-3-8-6(2)4-7(10)5-9(8)11/h4-5H,3,11H2,1-2H3. The zero-order valence-electron chi connectivity index (χ0n) is 6.82. The van der Waals surface area contributed by atoms with Crippen LogP contribution in [0.2, 0.25) is 0 Å². The molecule has 0 aliphatic heterocycles. The summed E-state index contributed by atoms with van der Waals surface area (Å²) in [5, 5.41) is 0. The lowest BCUT2D eigenvalue weighted by atomic mass is 10.0. The van der Waals surface area contributed by atoms with Gasteiger partial charge in [-0.15, -0.1) is 0 Å². The summed E-state index contributed by atoms with van der Waals surface area (Å²) in [6, 6.07) is 4.04. The molecule has 2 N–H and O–H groups in total. The third kappa shape index (κ3) is 1.74. The topological polar surface area (TPSA) is 26.0 Å². The molecule has 0 amide bonds. The number of nitrogens with two attached hydrogens (primary N) is 1. The summed E-state index contributed by atoms with van der Waals surface area (Å²) in [5.74, 6) is 0. The average Bonchev–Trinajstić information content (AvgIpc) is 1.85. The molecule has 0 aliphatic rings. The van der Waals surface area contributed by atoms with E-state index < -0.39 is 0 Å². The Morgan fingerprint density at radius 2 is 2.09 bits per heavy atom. The lowest BCUT2D eigenvalue weighted by molar-refractivity contribution is 1.11. The van der Waals surface area contributed by atoms with Crippen molar-refractivity contribution in [3.05, 3.63) is 27.7 Å². The Labute approximate surface area is 75.7 Å². The lowest BCUT2D eigenvalue weighted by Gasteiger charge is -2.06. The van der Waals surface area contributed by atoms with Crippen LogP contribution >= 0.6 is 15.9 Å². The maximum absolute atomic E-state index is 5.80. The minimum atomic E-state index is 0.888. The molecule has 0 unspecified atom stereocenters. The molecule has 0 fully saturated rings. The molecule has 0 aromatic heterocycles. The third-order valence-corrected chi connectivity index (χ3v) is 2.28. The van der Waals surface area contributed by atoms with Gasteiger partial charge in [0.25, 0.3) is 0 Å². The molecule has 1 aromatic rings. The Hall–Kier alpha value is -0.500. The van der Waals surface area contributed by atoms with Gasteiger partial charge in [-0.1, -0.05) is 22.9 Å². The van der Waals surface area contributed by atoms with Crippen molar-refractivity contribution in [2.75, 3.05) is 5.73 Å². The summed E-state index contributed by atoms with van der Waals surface area (Å²) in [6.07, 6.45) is 1.00. The highest BCUT2D eigenvalue weighted by molar-refractivity contribution is 9.10. The van der Waals surface area contributed by atoms with Crippen molar-refractivity contribution < 1.29 is 0 Å². The number of hydrogen-bond acceptors (Lipinski definition) is 1. The van der Waals surface area contributed by atoms with Crippen molar-refractivity contribution in [1.82, 2.24) is 0 Å². The van der Waals surface area contributed by atoms with E-state index in [-0.39, 0.29) is 0 Å². The molecule has 0 saturated heterocycles. The zero-order chi connectivity index (χ0) is 8.43. The number of anilines is 1. The molecule has 0 atom stereocenters. The number of rotatable bonds is 1. The van der Waals surface area contributed by atoms with Gasteiger partial charge in [0, 0.05) is 10.2 Å². The Balaban J connectivity index is 3.25. The fraction of sp³-hybridized carbons (Fsp3) is 0.333. The van der Waals surface area contributed by atoms with Crippen molar-refractivity contribution >= 4 is 21.6 Å². The number of hydrogen-bond donors (Lipinski definition) is 1. The molecule has 0 radical (unpaired) electrons. The predicted molar refractivity (Wildman–Crippen MR) is 52.7 cm³/mol. The van der Waals surface area contributed by atoms with E-state index in [2.05, 4.69) is 35.8 Å². The molecular weight excluding hydrogens is 202 g/mol. The van der Waals surface area contributed by atoms with Gasteiger partial charge in [-0.25, -0.2) is 0 Å². The molecule has 60 valence electrons. The number of benzene rings is 1. The summed E-state index contributed by atoms with van der Waals surface area (Å²) in [7, 11) is 0. The quantitative estimate of drug-likeness (QED) is 0.714. The van der Waals surface area contributed by atoms with E-state index in [1.165, 1.54) is 11.1 Å². The Bertz CT molecular complexity index is 245. The summed E-state index contributed by atoms with van der Waals surface area (Å²) < 4.78 is 1.06. The van der Waals surface area contributed by atoms with Crippen LogP contribution in [0.3, 0.4) is 0 Å². The van der Waals surface area contributed by atoms with Gasteiger partial charge < -0.3 is 5.73 Å². The molecule has 0 heterocycles. The lowest BCUT2D eigenvalue weighted by Crippen LogP contribution is -1.95. The normalized spacial score (nSPS) is 10.1.